The summed E-state index contributed by atoms with van der Waals surface area (Å²) in [7, 11) is 0. The highest BCUT2D eigenvalue weighted by Crippen LogP contribution is 2.33. The first-order chi connectivity index (χ1) is 5.57. The van der Waals surface area contributed by atoms with Gasteiger partial charge in [0.15, 0.2) is 11.5 Å². The lowest BCUT2D eigenvalue weighted by molar-refractivity contribution is 0.623. The van der Waals surface area contributed by atoms with E-state index in [0.29, 0.717) is 5.56 Å². The molecule has 1 aromatic carbocycles. The van der Waals surface area contributed by atoms with E-state index in [1.165, 1.54) is 6.07 Å². The number of nitrogen functional groups attached to an aromatic ring is 1. The molecule has 0 spiro atoms. The Kier molecular flexibility index (Phi) is 2.42. The summed E-state index contributed by atoms with van der Waals surface area (Å²) in [6, 6.07) is 1.50. The predicted octanol–water partition coefficient (Wildman–Crippen LogP) is 2.88. The minimum absolute atomic E-state index is 0.0886. The van der Waals surface area contributed by atoms with Crippen molar-refractivity contribution in [1.29, 1.82) is 0 Å². The maximum atomic E-state index is 13.0. The quantitative estimate of drug-likeness (QED) is 0.598. The number of nitroso groups, excluding NO2 is 1. The molecule has 3 nitrogen and oxygen atoms in total. The summed E-state index contributed by atoms with van der Waals surface area (Å²) in [4.78, 5) is 10.2. The molecule has 2 N–H and O–H groups in total. The lowest BCUT2D eigenvalue weighted by Crippen LogP contribution is -1.93. The zero-order chi connectivity index (χ0) is 9.30. The van der Waals surface area contributed by atoms with E-state index in [1.54, 1.807) is 6.92 Å². The van der Waals surface area contributed by atoms with Gasteiger partial charge in [0, 0.05) is 0 Å². The number of anilines is 1. The minimum atomic E-state index is -0.715. The van der Waals surface area contributed by atoms with Gasteiger partial charge < -0.3 is 5.73 Å². The number of nitrogens with zero attached hydrogens (tertiary/aromatic N) is 1. The van der Waals surface area contributed by atoms with Crippen LogP contribution in [0.15, 0.2) is 15.7 Å². The fourth-order valence-corrected chi connectivity index (χ4v) is 1.37. The SMILES string of the molecule is Cc1cc(Br)c(F)c(N=O)c1N. The van der Waals surface area contributed by atoms with Crippen LogP contribution in [-0.4, -0.2) is 0 Å². The van der Waals surface area contributed by atoms with Crippen LogP contribution in [0.3, 0.4) is 0 Å². The lowest BCUT2D eigenvalue weighted by Gasteiger charge is -2.04. The van der Waals surface area contributed by atoms with Gasteiger partial charge in [-0.15, -0.1) is 4.91 Å². The van der Waals surface area contributed by atoms with Gasteiger partial charge in [0.2, 0.25) is 0 Å². The molecule has 5 heteroatoms. The summed E-state index contributed by atoms with van der Waals surface area (Å²) in [6.07, 6.45) is 0. The van der Waals surface area contributed by atoms with Gasteiger partial charge in [0.25, 0.3) is 0 Å². The second-order valence-electron chi connectivity index (χ2n) is 2.34. The first-order valence-electron chi connectivity index (χ1n) is 3.15. The zero-order valence-corrected chi connectivity index (χ0v) is 7.85. The Morgan fingerprint density at radius 1 is 1.67 bits per heavy atom. The highest BCUT2D eigenvalue weighted by molar-refractivity contribution is 9.10. The molecule has 0 aliphatic rings. The van der Waals surface area contributed by atoms with Crippen molar-refractivity contribution >= 4 is 27.3 Å². The van der Waals surface area contributed by atoms with Crippen molar-refractivity contribution in [2.45, 2.75) is 6.92 Å². The molecule has 1 aromatic rings. The molecule has 0 bridgehead atoms. The molecular weight excluding hydrogens is 227 g/mol. The van der Waals surface area contributed by atoms with Crippen molar-refractivity contribution in [1.82, 2.24) is 0 Å². The third kappa shape index (κ3) is 1.32. The van der Waals surface area contributed by atoms with Crippen LogP contribution < -0.4 is 5.73 Å². The molecular formula is C7H6BrFN2O. The Morgan fingerprint density at radius 3 is 2.75 bits per heavy atom. The van der Waals surface area contributed by atoms with Gasteiger partial charge in [-0.05, 0) is 39.7 Å². The van der Waals surface area contributed by atoms with Crippen LogP contribution in [0.4, 0.5) is 15.8 Å². The minimum Gasteiger partial charge on any atom is -0.397 e. The van der Waals surface area contributed by atoms with Gasteiger partial charge in [0.05, 0.1) is 10.2 Å². The topological polar surface area (TPSA) is 55.5 Å². The third-order valence-corrected chi connectivity index (χ3v) is 2.11. The van der Waals surface area contributed by atoms with Gasteiger partial charge in [-0.25, -0.2) is 4.39 Å². The van der Waals surface area contributed by atoms with E-state index in [1.807, 2.05) is 0 Å². The number of halogens is 2. The van der Waals surface area contributed by atoms with Gasteiger partial charge >= 0.3 is 0 Å². The predicted molar refractivity (Wildman–Crippen MR) is 48.7 cm³/mol. The van der Waals surface area contributed by atoms with Crippen LogP contribution in [-0.2, 0) is 0 Å². The Morgan fingerprint density at radius 2 is 2.25 bits per heavy atom. The van der Waals surface area contributed by atoms with Crippen LogP contribution in [0, 0.1) is 17.6 Å². The average molecular weight is 233 g/mol. The molecule has 0 saturated carbocycles. The number of rotatable bonds is 1. The third-order valence-electron chi connectivity index (χ3n) is 1.53. The summed E-state index contributed by atoms with van der Waals surface area (Å²) >= 11 is 2.94. The van der Waals surface area contributed by atoms with Crippen LogP contribution in [0.5, 0.6) is 0 Å². The highest BCUT2D eigenvalue weighted by atomic mass is 79.9. The van der Waals surface area contributed by atoms with Gasteiger partial charge in [-0.1, -0.05) is 0 Å². The molecule has 0 unspecified atom stereocenters. The highest BCUT2D eigenvalue weighted by Gasteiger charge is 2.13. The largest absolute Gasteiger partial charge is 0.397 e. The number of benzene rings is 1. The van der Waals surface area contributed by atoms with Gasteiger partial charge in [0.1, 0.15) is 0 Å². The Balaban J connectivity index is 3.52. The normalized spacial score (nSPS) is 9.92. The molecule has 1 rings (SSSR count). The van der Waals surface area contributed by atoms with Crippen LogP contribution in [0.1, 0.15) is 5.56 Å². The van der Waals surface area contributed by atoms with Crippen molar-refractivity contribution in [3.63, 3.8) is 0 Å². The molecule has 0 amide bonds. The smallest absolute Gasteiger partial charge is 0.168 e. The maximum absolute atomic E-state index is 13.0. The van der Waals surface area contributed by atoms with E-state index >= 15 is 0 Å². The van der Waals surface area contributed by atoms with E-state index in [0.717, 1.165) is 0 Å². The first-order valence-corrected chi connectivity index (χ1v) is 3.94. The van der Waals surface area contributed by atoms with E-state index < -0.39 is 5.82 Å². The van der Waals surface area contributed by atoms with E-state index in [2.05, 4.69) is 21.1 Å². The summed E-state index contributed by atoms with van der Waals surface area (Å²) in [5.74, 6) is -0.715. The molecule has 64 valence electrons. The van der Waals surface area contributed by atoms with Crippen LogP contribution >= 0.6 is 15.9 Å². The molecule has 0 atom stereocenters. The van der Waals surface area contributed by atoms with Gasteiger partial charge in [-0.2, -0.15) is 0 Å². The Labute approximate surface area is 76.9 Å². The molecule has 0 radical (unpaired) electrons. The van der Waals surface area contributed by atoms with Crippen LogP contribution in [0.2, 0.25) is 0 Å². The molecule has 0 aromatic heterocycles. The number of nitrogens with two attached hydrogens (primary N) is 1. The molecule has 0 aliphatic heterocycles. The summed E-state index contributed by atoms with van der Waals surface area (Å²) < 4.78 is 13.2. The fraction of sp³-hybridized carbons (Fsp3) is 0.143. The molecule has 0 heterocycles. The summed E-state index contributed by atoms with van der Waals surface area (Å²) in [6.45, 7) is 1.67. The zero-order valence-electron chi connectivity index (χ0n) is 6.27. The second-order valence-corrected chi connectivity index (χ2v) is 3.20. The van der Waals surface area contributed by atoms with Crippen molar-refractivity contribution in [2.75, 3.05) is 5.73 Å². The van der Waals surface area contributed by atoms with Crippen molar-refractivity contribution in [3.8, 4) is 0 Å². The second kappa shape index (κ2) is 3.18. The Hall–Kier alpha value is -0.970. The molecule has 12 heavy (non-hydrogen) atoms. The van der Waals surface area contributed by atoms with E-state index in [9.17, 15) is 9.30 Å². The van der Waals surface area contributed by atoms with Crippen LogP contribution in [0.25, 0.3) is 0 Å². The standard InChI is InChI=1S/C7H6BrFN2O/c1-3-2-4(8)5(9)7(11-12)6(3)10/h2H,10H2,1H3. The first kappa shape index (κ1) is 9.12. The molecule has 0 aliphatic carbocycles. The van der Waals surface area contributed by atoms with Gasteiger partial charge in [-0.3, -0.25) is 0 Å². The number of aryl methyl sites for hydroxylation is 1. The summed E-state index contributed by atoms with van der Waals surface area (Å²) in [5, 5.41) is 2.51. The Bertz CT molecular complexity index is 314. The maximum Gasteiger partial charge on any atom is 0.168 e. The lowest BCUT2D eigenvalue weighted by atomic mass is 10.2. The van der Waals surface area contributed by atoms with Crippen molar-refractivity contribution < 1.29 is 4.39 Å². The molecule has 0 saturated heterocycles. The molecule has 0 fully saturated rings. The fourth-order valence-electron chi connectivity index (χ4n) is 0.839. The van der Waals surface area contributed by atoms with E-state index in [4.69, 9.17) is 5.73 Å². The number of hydrogen-bond acceptors (Lipinski definition) is 3. The number of hydrogen-bond donors (Lipinski definition) is 1. The average Bonchev–Trinajstić information content (AvgIpc) is 2.02. The monoisotopic (exact) mass is 232 g/mol. The summed E-state index contributed by atoms with van der Waals surface area (Å²) in [5.41, 5.74) is 5.79. The van der Waals surface area contributed by atoms with Crippen molar-refractivity contribution in [2.24, 2.45) is 5.18 Å². The van der Waals surface area contributed by atoms with E-state index in [-0.39, 0.29) is 15.8 Å². The van der Waals surface area contributed by atoms with Crippen molar-refractivity contribution in [3.05, 3.63) is 26.8 Å².